The highest BCUT2D eigenvalue weighted by Crippen LogP contribution is 2.07. The molecule has 6 heteroatoms. The summed E-state index contributed by atoms with van der Waals surface area (Å²) >= 11 is 0. The molecule has 0 atom stereocenters. The van der Waals surface area contributed by atoms with Crippen LogP contribution in [0, 0.1) is 6.92 Å². The molecule has 0 spiro atoms. The van der Waals surface area contributed by atoms with Crippen LogP contribution in [0.4, 0.5) is 5.95 Å². The molecule has 0 fully saturated rings. The lowest BCUT2D eigenvalue weighted by Crippen LogP contribution is -2.12. The number of aromatic nitrogens is 2. The largest absolute Gasteiger partial charge is 0.356 e. The Bertz CT molecular complexity index is 437. The molecule has 1 aromatic rings. The molecule has 0 unspecified atom stereocenters. The zero-order chi connectivity index (χ0) is 12.2. The summed E-state index contributed by atoms with van der Waals surface area (Å²) in [6.45, 7) is 5.47. The van der Waals surface area contributed by atoms with Crippen LogP contribution in [0.25, 0.3) is 0 Å². The molecule has 0 aromatic carbocycles. The quantitative estimate of drug-likeness (QED) is 0.761. The second kappa shape index (κ2) is 5.34. The summed E-state index contributed by atoms with van der Waals surface area (Å²) in [5, 5.41) is 3.14. The van der Waals surface area contributed by atoms with Gasteiger partial charge < -0.3 is 9.88 Å². The molecule has 0 amide bonds. The minimum atomic E-state index is -2.86. The van der Waals surface area contributed by atoms with Crippen molar-refractivity contribution < 1.29 is 8.42 Å². The predicted molar refractivity (Wildman–Crippen MR) is 65.5 cm³/mol. The van der Waals surface area contributed by atoms with E-state index < -0.39 is 9.84 Å². The van der Waals surface area contributed by atoms with E-state index in [4.69, 9.17) is 0 Å². The molecule has 0 bridgehead atoms. The maximum absolute atomic E-state index is 10.9. The Morgan fingerprint density at radius 1 is 1.50 bits per heavy atom. The summed E-state index contributed by atoms with van der Waals surface area (Å²) < 4.78 is 23.9. The Morgan fingerprint density at radius 2 is 2.19 bits per heavy atom. The Kier molecular flexibility index (Phi) is 4.35. The van der Waals surface area contributed by atoms with Crippen LogP contribution in [0.5, 0.6) is 0 Å². The van der Waals surface area contributed by atoms with Crippen molar-refractivity contribution in [1.82, 2.24) is 9.55 Å². The van der Waals surface area contributed by atoms with Crippen molar-refractivity contribution in [3.63, 3.8) is 0 Å². The van der Waals surface area contributed by atoms with E-state index in [1.165, 1.54) is 6.26 Å². The van der Waals surface area contributed by atoms with Crippen molar-refractivity contribution in [2.45, 2.75) is 26.8 Å². The molecular weight excluding hydrogens is 226 g/mol. The van der Waals surface area contributed by atoms with Gasteiger partial charge in [-0.2, -0.15) is 0 Å². The summed E-state index contributed by atoms with van der Waals surface area (Å²) in [7, 11) is -2.86. The first-order chi connectivity index (χ1) is 7.42. The van der Waals surface area contributed by atoms with E-state index in [1.54, 1.807) is 0 Å². The average molecular weight is 245 g/mol. The number of rotatable bonds is 6. The molecule has 5 nitrogen and oxygen atoms in total. The number of nitrogens with zero attached hydrogens (tertiary/aromatic N) is 2. The van der Waals surface area contributed by atoms with E-state index >= 15 is 0 Å². The van der Waals surface area contributed by atoms with Crippen LogP contribution in [-0.2, 0) is 16.4 Å². The maximum atomic E-state index is 10.9. The molecule has 0 aliphatic rings. The second-order valence-corrected chi connectivity index (χ2v) is 6.16. The summed E-state index contributed by atoms with van der Waals surface area (Å²) in [6.07, 6.45) is 3.83. The first-order valence-corrected chi connectivity index (χ1v) is 7.44. The predicted octanol–water partition coefficient (Wildman–Crippen LogP) is 1.06. The van der Waals surface area contributed by atoms with Gasteiger partial charge in [0.15, 0.2) is 0 Å². The van der Waals surface area contributed by atoms with Gasteiger partial charge in [0.05, 0.1) is 11.4 Å². The van der Waals surface area contributed by atoms with Crippen LogP contribution in [-0.4, -0.2) is 36.5 Å². The van der Waals surface area contributed by atoms with Gasteiger partial charge in [-0.25, -0.2) is 13.4 Å². The topological polar surface area (TPSA) is 64.0 Å². The monoisotopic (exact) mass is 245 g/mol. The van der Waals surface area contributed by atoms with Crippen LogP contribution in [0.3, 0.4) is 0 Å². The fourth-order valence-electron chi connectivity index (χ4n) is 1.46. The Morgan fingerprint density at radius 3 is 2.75 bits per heavy atom. The third-order valence-electron chi connectivity index (χ3n) is 2.21. The van der Waals surface area contributed by atoms with Crippen LogP contribution < -0.4 is 5.32 Å². The minimum absolute atomic E-state index is 0.214. The van der Waals surface area contributed by atoms with E-state index in [0.29, 0.717) is 13.0 Å². The number of sulfone groups is 1. The van der Waals surface area contributed by atoms with Gasteiger partial charge in [-0.3, -0.25) is 0 Å². The molecule has 16 heavy (non-hydrogen) atoms. The molecule has 1 N–H and O–H groups in total. The lowest BCUT2D eigenvalue weighted by molar-refractivity contribution is 0.599. The zero-order valence-corrected chi connectivity index (χ0v) is 10.8. The first-order valence-electron chi connectivity index (χ1n) is 5.37. The number of nitrogens with one attached hydrogen (secondary N) is 1. The van der Waals surface area contributed by atoms with Gasteiger partial charge in [0, 0.05) is 25.5 Å². The van der Waals surface area contributed by atoms with E-state index in [9.17, 15) is 8.42 Å². The number of hydrogen-bond acceptors (Lipinski definition) is 4. The molecule has 92 valence electrons. The highest BCUT2D eigenvalue weighted by atomic mass is 32.2. The maximum Gasteiger partial charge on any atom is 0.203 e. The molecule has 0 radical (unpaired) electrons. The van der Waals surface area contributed by atoms with Crippen LogP contribution in [0.1, 0.15) is 19.0 Å². The van der Waals surface area contributed by atoms with Gasteiger partial charge >= 0.3 is 0 Å². The molecule has 0 saturated heterocycles. The number of imidazole rings is 1. The third kappa shape index (κ3) is 4.22. The number of hydrogen-bond donors (Lipinski definition) is 1. The summed E-state index contributed by atoms with van der Waals surface area (Å²) in [4.78, 5) is 4.32. The summed E-state index contributed by atoms with van der Waals surface area (Å²) in [5.41, 5.74) is 0.965. The van der Waals surface area contributed by atoms with Crippen molar-refractivity contribution in [3.8, 4) is 0 Å². The Labute approximate surface area is 96.8 Å². The van der Waals surface area contributed by atoms with Crippen molar-refractivity contribution >= 4 is 15.8 Å². The molecule has 1 aromatic heterocycles. The molecular formula is C10H19N3O2S. The van der Waals surface area contributed by atoms with E-state index in [1.807, 2.05) is 24.6 Å². The SMILES string of the molecule is CCn1cc(C)nc1NCCCS(C)(=O)=O. The van der Waals surface area contributed by atoms with Gasteiger partial charge in [0.2, 0.25) is 5.95 Å². The minimum Gasteiger partial charge on any atom is -0.356 e. The van der Waals surface area contributed by atoms with E-state index in [0.717, 1.165) is 18.2 Å². The van der Waals surface area contributed by atoms with Crippen molar-refractivity contribution in [2.24, 2.45) is 0 Å². The standard InChI is InChI=1S/C10H19N3O2S/c1-4-13-8-9(2)12-10(13)11-6-5-7-16(3,14)15/h8H,4-7H2,1-3H3,(H,11,12). The highest BCUT2D eigenvalue weighted by Gasteiger charge is 2.04. The van der Waals surface area contributed by atoms with Crippen molar-refractivity contribution in [1.29, 1.82) is 0 Å². The fourth-order valence-corrected chi connectivity index (χ4v) is 2.13. The van der Waals surface area contributed by atoms with Gasteiger partial charge in [0.25, 0.3) is 0 Å². The van der Waals surface area contributed by atoms with Gasteiger partial charge in [-0.05, 0) is 20.3 Å². The molecule has 0 aliphatic carbocycles. The number of aryl methyl sites for hydroxylation is 2. The molecule has 0 aliphatic heterocycles. The zero-order valence-electron chi connectivity index (χ0n) is 10.0. The molecule has 1 heterocycles. The smallest absolute Gasteiger partial charge is 0.203 e. The van der Waals surface area contributed by atoms with E-state index in [2.05, 4.69) is 10.3 Å². The fraction of sp³-hybridized carbons (Fsp3) is 0.700. The summed E-state index contributed by atoms with van der Waals surface area (Å²) in [6, 6.07) is 0. The van der Waals surface area contributed by atoms with Crippen molar-refractivity contribution in [3.05, 3.63) is 11.9 Å². The number of anilines is 1. The van der Waals surface area contributed by atoms with Crippen LogP contribution >= 0.6 is 0 Å². The summed E-state index contributed by atoms with van der Waals surface area (Å²) in [5.74, 6) is 1.03. The molecule has 1 rings (SSSR count). The lowest BCUT2D eigenvalue weighted by Gasteiger charge is -2.06. The third-order valence-corrected chi connectivity index (χ3v) is 3.24. The molecule has 0 saturated carbocycles. The Balaban J connectivity index is 2.42. The highest BCUT2D eigenvalue weighted by molar-refractivity contribution is 7.90. The Hall–Kier alpha value is -1.04. The second-order valence-electron chi connectivity index (χ2n) is 3.90. The van der Waals surface area contributed by atoms with Gasteiger partial charge in [-0.15, -0.1) is 0 Å². The van der Waals surface area contributed by atoms with Crippen LogP contribution in [0.15, 0.2) is 6.20 Å². The lowest BCUT2D eigenvalue weighted by atomic mass is 10.5. The van der Waals surface area contributed by atoms with Gasteiger partial charge in [0.1, 0.15) is 9.84 Å². The van der Waals surface area contributed by atoms with E-state index in [-0.39, 0.29) is 5.75 Å². The van der Waals surface area contributed by atoms with Crippen molar-refractivity contribution in [2.75, 3.05) is 23.9 Å². The normalized spacial score (nSPS) is 11.7. The van der Waals surface area contributed by atoms with Gasteiger partial charge in [-0.1, -0.05) is 0 Å². The first kappa shape index (κ1) is 13.0. The average Bonchev–Trinajstić information content (AvgIpc) is 2.52. The van der Waals surface area contributed by atoms with Crippen LogP contribution in [0.2, 0.25) is 0 Å².